The van der Waals surface area contributed by atoms with Crippen molar-refractivity contribution in [3.05, 3.63) is 47.8 Å². The molecule has 1 aromatic carbocycles. The van der Waals surface area contributed by atoms with Crippen LogP contribution in [0.15, 0.2) is 30.6 Å². The summed E-state index contributed by atoms with van der Waals surface area (Å²) in [4.78, 5) is 15.9. The number of H-pyrrole nitrogens is 1. The summed E-state index contributed by atoms with van der Waals surface area (Å²) in [5.41, 5.74) is 0.477. The number of benzene rings is 1. The number of esters is 1. The molecule has 1 N–H and O–H groups in total. The number of hydrogen-bond acceptors (Lipinski definition) is 4. The number of aromatic amines is 1. The van der Waals surface area contributed by atoms with Gasteiger partial charge in [0.15, 0.2) is 0 Å². The van der Waals surface area contributed by atoms with Crippen molar-refractivity contribution in [3.63, 3.8) is 0 Å². The molecule has 0 bridgehead atoms. The van der Waals surface area contributed by atoms with E-state index in [2.05, 4.69) is 15.2 Å². The highest BCUT2D eigenvalue weighted by atomic mass is 19.1. The van der Waals surface area contributed by atoms with E-state index in [1.165, 1.54) is 24.5 Å². The molecule has 2 rings (SSSR count). The zero-order valence-corrected chi connectivity index (χ0v) is 9.76. The zero-order chi connectivity index (χ0) is 13.0. The van der Waals surface area contributed by atoms with Crippen LogP contribution < -0.4 is 0 Å². The van der Waals surface area contributed by atoms with Gasteiger partial charge in [-0.1, -0.05) is 12.1 Å². The van der Waals surface area contributed by atoms with Crippen LogP contribution in [-0.2, 0) is 9.53 Å². The van der Waals surface area contributed by atoms with E-state index >= 15 is 0 Å². The number of nitrogens with zero attached hydrogens (tertiary/aromatic N) is 2. The van der Waals surface area contributed by atoms with Crippen molar-refractivity contribution in [1.82, 2.24) is 15.2 Å². The van der Waals surface area contributed by atoms with Crippen LogP contribution in [0.25, 0.3) is 0 Å². The lowest BCUT2D eigenvalue weighted by Crippen LogP contribution is -2.18. The fourth-order valence-corrected chi connectivity index (χ4v) is 1.67. The Morgan fingerprint density at radius 2 is 2.39 bits per heavy atom. The van der Waals surface area contributed by atoms with Crippen molar-refractivity contribution in [3.8, 4) is 0 Å². The lowest BCUT2D eigenvalue weighted by atomic mass is 9.98. The van der Waals surface area contributed by atoms with Gasteiger partial charge in [0.1, 0.15) is 23.9 Å². The fourth-order valence-electron chi connectivity index (χ4n) is 1.67. The predicted octanol–water partition coefficient (Wildman–Crippen LogP) is 1.64. The van der Waals surface area contributed by atoms with Crippen molar-refractivity contribution in [2.75, 3.05) is 6.61 Å². The summed E-state index contributed by atoms with van der Waals surface area (Å²) >= 11 is 0. The Morgan fingerprint density at radius 3 is 3.00 bits per heavy atom. The molecule has 1 atom stereocenters. The molecule has 2 aromatic rings. The first-order valence-electron chi connectivity index (χ1n) is 5.49. The van der Waals surface area contributed by atoms with Crippen LogP contribution >= 0.6 is 0 Å². The van der Waals surface area contributed by atoms with Crippen LogP contribution in [0.2, 0.25) is 0 Å². The van der Waals surface area contributed by atoms with E-state index in [1.807, 2.05) is 0 Å². The Bertz CT molecular complexity index is 528. The zero-order valence-electron chi connectivity index (χ0n) is 9.76. The maximum Gasteiger partial charge on any atom is 0.321 e. The minimum absolute atomic E-state index is 0.249. The molecule has 6 heteroatoms. The average molecular weight is 249 g/mol. The molecular weight excluding hydrogens is 237 g/mol. The van der Waals surface area contributed by atoms with Gasteiger partial charge in [0.25, 0.3) is 0 Å². The van der Waals surface area contributed by atoms with Crippen LogP contribution in [0.1, 0.15) is 24.2 Å². The monoisotopic (exact) mass is 249 g/mol. The van der Waals surface area contributed by atoms with Gasteiger partial charge in [0.05, 0.1) is 6.61 Å². The lowest BCUT2D eigenvalue weighted by molar-refractivity contribution is -0.144. The number of carbonyl (C=O) groups is 1. The Kier molecular flexibility index (Phi) is 3.66. The number of ether oxygens (including phenoxy) is 1. The largest absolute Gasteiger partial charge is 0.465 e. The van der Waals surface area contributed by atoms with Gasteiger partial charge in [-0.15, -0.1) is 0 Å². The third-order valence-corrected chi connectivity index (χ3v) is 2.41. The SMILES string of the molecule is CCOC(=O)C(c1cccc(F)c1)c1ncn[nH]1. The maximum absolute atomic E-state index is 13.2. The Balaban J connectivity index is 2.39. The summed E-state index contributed by atoms with van der Waals surface area (Å²) in [7, 11) is 0. The molecular formula is C12H12FN3O2. The number of aromatic nitrogens is 3. The van der Waals surface area contributed by atoms with E-state index in [1.54, 1.807) is 13.0 Å². The first-order valence-corrected chi connectivity index (χ1v) is 5.49. The molecule has 0 fully saturated rings. The quantitative estimate of drug-likeness (QED) is 0.836. The van der Waals surface area contributed by atoms with Crippen molar-refractivity contribution >= 4 is 5.97 Å². The smallest absolute Gasteiger partial charge is 0.321 e. The molecule has 0 aliphatic heterocycles. The summed E-state index contributed by atoms with van der Waals surface area (Å²) in [6, 6.07) is 5.77. The van der Waals surface area contributed by atoms with Gasteiger partial charge < -0.3 is 4.74 Å². The van der Waals surface area contributed by atoms with Gasteiger partial charge in [0.2, 0.25) is 0 Å². The molecule has 1 unspecified atom stereocenters. The molecule has 0 aliphatic carbocycles. The number of carbonyl (C=O) groups excluding carboxylic acids is 1. The van der Waals surface area contributed by atoms with Gasteiger partial charge in [-0.05, 0) is 24.6 Å². The summed E-state index contributed by atoms with van der Waals surface area (Å²) < 4.78 is 18.2. The standard InChI is InChI=1S/C12H12FN3O2/c1-2-18-12(17)10(11-14-7-15-16-11)8-4-3-5-9(13)6-8/h3-7,10H,2H2,1H3,(H,14,15,16). The first kappa shape index (κ1) is 12.2. The third-order valence-electron chi connectivity index (χ3n) is 2.41. The van der Waals surface area contributed by atoms with Crippen LogP contribution in [0, 0.1) is 5.82 Å². The molecule has 0 saturated heterocycles. The maximum atomic E-state index is 13.2. The van der Waals surface area contributed by atoms with Gasteiger partial charge in [0, 0.05) is 0 Å². The second-order valence-electron chi connectivity index (χ2n) is 3.61. The molecule has 0 aliphatic rings. The molecule has 0 saturated carbocycles. The Labute approximate surface area is 103 Å². The fraction of sp³-hybridized carbons (Fsp3) is 0.250. The highest BCUT2D eigenvalue weighted by Gasteiger charge is 2.27. The summed E-state index contributed by atoms with van der Waals surface area (Å²) in [5.74, 6) is -1.36. The highest BCUT2D eigenvalue weighted by Crippen LogP contribution is 2.23. The Hall–Kier alpha value is -2.24. The summed E-state index contributed by atoms with van der Waals surface area (Å²) in [6.07, 6.45) is 1.29. The second kappa shape index (κ2) is 5.39. The predicted molar refractivity (Wildman–Crippen MR) is 61.3 cm³/mol. The normalized spacial score (nSPS) is 12.1. The molecule has 94 valence electrons. The van der Waals surface area contributed by atoms with Crippen molar-refractivity contribution in [2.45, 2.75) is 12.8 Å². The minimum atomic E-state index is -0.789. The topological polar surface area (TPSA) is 67.9 Å². The number of rotatable bonds is 4. The third kappa shape index (κ3) is 2.53. The van der Waals surface area contributed by atoms with E-state index in [-0.39, 0.29) is 6.61 Å². The Morgan fingerprint density at radius 1 is 1.56 bits per heavy atom. The van der Waals surface area contributed by atoms with Crippen molar-refractivity contribution < 1.29 is 13.9 Å². The van der Waals surface area contributed by atoms with Gasteiger partial charge in [-0.25, -0.2) is 9.37 Å². The molecule has 18 heavy (non-hydrogen) atoms. The van der Waals surface area contributed by atoms with Crippen LogP contribution in [0.5, 0.6) is 0 Å². The summed E-state index contributed by atoms with van der Waals surface area (Å²) in [5, 5.41) is 6.31. The first-order chi connectivity index (χ1) is 8.72. The van der Waals surface area contributed by atoms with E-state index in [4.69, 9.17) is 4.74 Å². The minimum Gasteiger partial charge on any atom is -0.465 e. The van der Waals surface area contributed by atoms with Crippen molar-refractivity contribution in [1.29, 1.82) is 0 Å². The molecule has 0 amide bonds. The molecule has 0 spiro atoms. The van der Waals surface area contributed by atoms with Gasteiger partial charge in [-0.3, -0.25) is 9.89 Å². The van der Waals surface area contributed by atoms with Crippen LogP contribution in [0.3, 0.4) is 0 Å². The van der Waals surface area contributed by atoms with Crippen molar-refractivity contribution in [2.24, 2.45) is 0 Å². The molecule has 5 nitrogen and oxygen atoms in total. The van der Waals surface area contributed by atoms with E-state index in [0.717, 1.165) is 0 Å². The average Bonchev–Trinajstić information content (AvgIpc) is 2.83. The van der Waals surface area contributed by atoms with E-state index in [9.17, 15) is 9.18 Å². The summed E-state index contributed by atoms with van der Waals surface area (Å²) in [6.45, 7) is 1.96. The van der Waals surface area contributed by atoms with E-state index < -0.39 is 17.7 Å². The second-order valence-corrected chi connectivity index (χ2v) is 3.61. The number of hydrogen-bond donors (Lipinski definition) is 1. The molecule has 0 radical (unpaired) electrons. The van der Waals surface area contributed by atoms with Crippen LogP contribution in [0.4, 0.5) is 4.39 Å². The van der Waals surface area contributed by atoms with Crippen LogP contribution in [-0.4, -0.2) is 27.8 Å². The number of halogens is 1. The van der Waals surface area contributed by atoms with Gasteiger partial charge in [-0.2, -0.15) is 5.10 Å². The molecule has 1 aromatic heterocycles. The highest BCUT2D eigenvalue weighted by molar-refractivity contribution is 5.81. The molecule has 1 heterocycles. The van der Waals surface area contributed by atoms with E-state index in [0.29, 0.717) is 11.4 Å². The lowest BCUT2D eigenvalue weighted by Gasteiger charge is -2.13. The van der Waals surface area contributed by atoms with Gasteiger partial charge >= 0.3 is 5.97 Å². The number of nitrogens with one attached hydrogen (secondary N) is 1.